The first kappa shape index (κ1) is 19.3. The third kappa shape index (κ3) is 3.65. The topological polar surface area (TPSA) is 84.4 Å². The molecule has 0 spiro atoms. The first-order valence-electron chi connectivity index (χ1n) is 8.56. The first-order chi connectivity index (χ1) is 12.3. The van der Waals surface area contributed by atoms with Crippen LogP contribution in [-0.4, -0.2) is 40.7 Å². The van der Waals surface area contributed by atoms with E-state index in [4.69, 9.17) is 0 Å². The minimum atomic E-state index is -3.89. The van der Waals surface area contributed by atoms with Crippen LogP contribution in [0.25, 0.3) is 0 Å². The van der Waals surface area contributed by atoms with E-state index in [-0.39, 0.29) is 20.0 Å². The largest absolute Gasteiger partial charge is 0.361 e. The van der Waals surface area contributed by atoms with E-state index in [2.05, 4.69) is 4.98 Å². The van der Waals surface area contributed by atoms with E-state index in [1.165, 1.54) is 19.1 Å². The number of nitrogens with zero attached hydrogens (tertiary/aromatic N) is 2. The Balaban J connectivity index is 2.16. The number of hydrogen-bond donors (Lipinski definition) is 0. The number of rotatable bonds is 5. The summed E-state index contributed by atoms with van der Waals surface area (Å²) >= 11 is 0.970. The molecule has 0 atom stereocenters. The van der Waals surface area contributed by atoms with Gasteiger partial charge >= 0.3 is 0 Å². The molecule has 2 aromatic rings. The van der Waals surface area contributed by atoms with Crippen molar-refractivity contribution in [2.45, 2.75) is 47.4 Å². The van der Waals surface area contributed by atoms with Gasteiger partial charge in [-0.1, -0.05) is 36.0 Å². The zero-order chi connectivity index (χ0) is 18.9. The fourth-order valence-electron chi connectivity index (χ4n) is 2.84. The van der Waals surface area contributed by atoms with Gasteiger partial charge in [-0.2, -0.15) is 0 Å². The van der Waals surface area contributed by atoms with Crippen LogP contribution in [0.1, 0.15) is 31.7 Å². The van der Waals surface area contributed by atoms with Gasteiger partial charge in [-0.05, 0) is 38.3 Å². The van der Waals surface area contributed by atoms with Crippen molar-refractivity contribution in [2.75, 3.05) is 23.7 Å². The summed E-state index contributed by atoms with van der Waals surface area (Å²) in [6.07, 6.45) is 3.00. The fourth-order valence-corrected chi connectivity index (χ4v) is 7.02. The second-order valence-electron chi connectivity index (χ2n) is 6.36. The summed E-state index contributed by atoms with van der Waals surface area (Å²) in [4.78, 5) is 6.19. The standard InChI is InChI=1S/C17H22N2O4S3/c1-3-25(20,21)17-18-15(16(24-17)19-11-5-4-6-12-19)26(22,23)14-9-7-13(2)8-10-14/h7-10H,3-6,11-12H2,1-2H3. The third-order valence-electron chi connectivity index (χ3n) is 4.43. The molecule has 0 N–H and O–H groups in total. The van der Waals surface area contributed by atoms with Gasteiger partial charge < -0.3 is 4.90 Å². The van der Waals surface area contributed by atoms with Gasteiger partial charge in [-0.15, -0.1) is 0 Å². The molecule has 6 nitrogen and oxygen atoms in total. The number of benzene rings is 1. The molecule has 1 aromatic carbocycles. The number of sulfone groups is 2. The van der Waals surface area contributed by atoms with E-state index < -0.39 is 19.7 Å². The lowest BCUT2D eigenvalue weighted by Crippen LogP contribution is -2.29. The molecule has 0 aliphatic carbocycles. The van der Waals surface area contributed by atoms with Crippen LogP contribution >= 0.6 is 11.3 Å². The predicted octanol–water partition coefficient (Wildman–Crippen LogP) is 3.07. The summed E-state index contributed by atoms with van der Waals surface area (Å²) in [6.45, 7) is 4.84. The lowest BCUT2D eigenvalue weighted by Gasteiger charge is -2.27. The zero-order valence-corrected chi connectivity index (χ0v) is 17.3. The first-order valence-corrected chi connectivity index (χ1v) is 12.5. The average Bonchev–Trinajstić information content (AvgIpc) is 3.10. The normalized spacial score (nSPS) is 16.0. The molecule has 0 radical (unpaired) electrons. The Hall–Kier alpha value is -1.45. The number of hydrogen-bond acceptors (Lipinski definition) is 7. The Morgan fingerprint density at radius 2 is 1.65 bits per heavy atom. The molecule has 2 heterocycles. The maximum Gasteiger partial charge on any atom is 0.226 e. The lowest BCUT2D eigenvalue weighted by molar-refractivity contribution is 0.571. The summed E-state index contributed by atoms with van der Waals surface area (Å²) in [7, 11) is -7.46. The van der Waals surface area contributed by atoms with Gasteiger partial charge in [0.25, 0.3) is 0 Å². The van der Waals surface area contributed by atoms with Crippen LogP contribution in [0.5, 0.6) is 0 Å². The molecular weight excluding hydrogens is 392 g/mol. The Morgan fingerprint density at radius 3 is 2.23 bits per heavy atom. The van der Waals surface area contributed by atoms with Gasteiger partial charge in [0.1, 0.15) is 5.00 Å². The van der Waals surface area contributed by atoms with E-state index >= 15 is 0 Å². The van der Waals surface area contributed by atoms with Gasteiger partial charge in [0, 0.05) is 13.1 Å². The Kier molecular flexibility index (Phi) is 5.41. The molecule has 1 saturated heterocycles. The number of thiazole rings is 1. The summed E-state index contributed by atoms with van der Waals surface area (Å²) in [5.41, 5.74) is 0.952. The quantitative estimate of drug-likeness (QED) is 0.748. The van der Waals surface area contributed by atoms with Crippen molar-refractivity contribution in [3.05, 3.63) is 29.8 Å². The maximum atomic E-state index is 13.2. The van der Waals surface area contributed by atoms with Crippen LogP contribution < -0.4 is 4.90 Å². The van der Waals surface area contributed by atoms with Gasteiger partial charge in [0.05, 0.1) is 10.6 Å². The van der Waals surface area contributed by atoms with Crippen LogP contribution in [0.4, 0.5) is 5.00 Å². The number of aryl methyl sites for hydroxylation is 1. The Morgan fingerprint density at radius 1 is 1.04 bits per heavy atom. The minimum Gasteiger partial charge on any atom is -0.361 e. The van der Waals surface area contributed by atoms with E-state index in [0.29, 0.717) is 18.1 Å². The van der Waals surface area contributed by atoms with Gasteiger partial charge in [0.2, 0.25) is 24.0 Å². The van der Waals surface area contributed by atoms with Crippen LogP contribution in [0, 0.1) is 6.92 Å². The molecule has 0 saturated carbocycles. The second-order valence-corrected chi connectivity index (χ2v) is 11.7. The van der Waals surface area contributed by atoms with Crippen molar-refractivity contribution in [1.29, 1.82) is 0 Å². The fraction of sp³-hybridized carbons (Fsp3) is 0.471. The molecule has 1 aromatic heterocycles. The average molecular weight is 415 g/mol. The molecule has 26 heavy (non-hydrogen) atoms. The highest BCUT2D eigenvalue weighted by Gasteiger charge is 2.32. The Labute approximate surface area is 158 Å². The highest BCUT2D eigenvalue weighted by atomic mass is 32.2. The van der Waals surface area contributed by atoms with Crippen molar-refractivity contribution in [2.24, 2.45) is 0 Å². The summed E-state index contributed by atoms with van der Waals surface area (Å²) < 4.78 is 50.8. The lowest BCUT2D eigenvalue weighted by atomic mass is 10.1. The maximum absolute atomic E-state index is 13.2. The summed E-state index contributed by atoms with van der Waals surface area (Å²) in [6, 6.07) is 6.53. The number of anilines is 1. The van der Waals surface area contributed by atoms with E-state index in [9.17, 15) is 16.8 Å². The molecule has 0 amide bonds. The van der Waals surface area contributed by atoms with Crippen molar-refractivity contribution in [3.8, 4) is 0 Å². The molecule has 142 valence electrons. The monoisotopic (exact) mass is 414 g/mol. The molecule has 1 aliphatic rings. The molecule has 1 aliphatic heterocycles. The van der Waals surface area contributed by atoms with E-state index in [0.717, 1.165) is 36.2 Å². The van der Waals surface area contributed by atoms with Crippen molar-refractivity contribution >= 4 is 36.0 Å². The van der Waals surface area contributed by atoms with Crippen LogP contribution in [-0.2, 0) is 19.7 Å². The van der Waals surface area contributed by atoms with Crippen LogP contribution in [0.2, 0.25) is 0 Å². The molecule has 3 rings (SSSR count). The highest BCUT2D eigenvalue weighted by Crippen LogP contribution is 2.38. The number of aromatic nitrogens is 1. The molecule has 0 bridgehead atoms. The van der Waals surface area contributed by atoms with E-state index in [1.807, 2.05) is 11.8 Å². The molecule has 1 fully saturated rings. The summed E-state index contributed by atoms with van der Waals surface area (Å²) in [5.74, 6) is -0.107. The Bertz CT molecular complexity index is 987. The van der Waals surface area contributed by atoms with Crippen LogP contribution in [0.15, 0.2) is 38.5 Å². The van der Waals surface area contributed by atoms with E-state index in [1.54, 1.807) is 12.1 Å². The predicted molar refractivity (Wildman–Crippen MR) is 103 cm³/mol. The molecular formula is C17H22N2O4S3. The highest BCUT2D eigenvalue weighted by molar-refractivity contribution is 7.94. The van der Waals surface area contributed by atoms with Crippen molar-refractivity contribution < 1.29 is 16.8 Å². The van der Waals surface area contributed by atoms with Crippen molar-refractivity contribution in [1.82, 2.24) is 4.98 Å². The van der Waals surface area contributed by atoms with Crippen LogP contribution in [0.3, 0.4) is 0 Å². The van der Waals surface area contributed by atoms with Gasteiger partial charge in [-0.3, -0.25) is 0 Å². The molecule has 9 heteroatoms. The minimum absolute atomic E-state index is 0.107. The van der Waals surface area contributed by atoms with Crippen molar-refractivity contribution in [3.63, 3.8) is 0 Å². The summed E-state index contributed by atoms with van der Waals surface area (Å²) in [5, 5.41) is 0.303. The smallest absolute Gasteiger partial charge is 0.226 e. The zero-order valence-electron chi connectivity index (χ0n) is 14.8. The van der Waals surface area contributed by atoms with Gasteiger partial charge in [-0.25, -0.2) is 21.8 Å². The second kappa shape index (κ2) is 7.28. The molecule has 0 unspecified atom stereocenters. The van der Waals surface area contributed by atoms with Gasteiger partial charge in [0.15, 0.2) is 5.03 Å². The third-order valence-corrected chi connectivity index (χ3v) is 9.56. The SMILES string of the molecule is CCS(=O)(=O)c1nc(S(=O)(=O)c2ccc(C)cc2)c(N2CCCCC2)s1. The number of piperidine rings is 1.